The third kappa shape index (κ3) is 4.04. The van der Waals surface area contributed by atoms with Crippen molar-refractivity contribution in [1.29, 1.82) is 0 Å². The Hall–Kier alpha value is -1.40. The Labute approximate surface area is 132 Å². The topological polar surface area (TPSA) is 58.6 Å². The number of hydrogen-bond donors (Lipinski definition) is 1. The first kappa shape index (κ1) is 16.0. The number of nitrogens with one attached hydrogen (secondary N) is 1. The molecule has 1 N–H and O–H groups in total. The van der Waals surface area contributed by atoms with E-state index >= 15 is 0 Å². The van der Waals surface area contributed by atoms with Crippen LogP contribution < -0.4 is 5.32 Å². The molecule has 6 heteroatoms. The number of methoxy groups -OCH3 is 1. The molecule has 0 unspecified atom stereocenters. The van der Waals surface area contributed by atoms with Crippen LogP contribution in [0.3, 0.4) is 0 Å². The molecule has 5 nitrogen and oxygen atoms in total. The summed E-state index contributed by atoms with van der Waals surface area (Å²) >= 11 is 3.35. The van der Waals surface area contributed by atoms with Crippen LogP contribution in [-0.2, 0) is 14.3 Å². The van der Waals surface area contributed by atoms with Gasteiger partial charge in [-0.15, -0.1) is 0 Å². The van der Waals surface area contributed by atoms with E-state index in [1.165, 1.54) is 0 Å². The van der Waals surface area contributed by atoms with E-state index in [-0.39, 0.29) is 30.2 Å². The smallest absolute Gasteiger partial charge is 0.229 e. The molecular formula is C15H19BrN2O3. The highest BCUT2D eigenvalue weighted by atomic mass is 79.9. The molecule has 1 saturated heterocycles. The summed E-state index contributed by atoms with van der Waals surface area (Å²) in [6.45, 7) is 2.86. The maximum Gasteiger partial charge on any atom is 0.229 e. The van der Waals surface area contributed by atoms with Crippen LogP contribution in [0, 0.1) is 5.92 Å². The number of benzene rings is 1. The first-order chi connectivity index (χ1) is 10.0. The third-order valence-electron chi connectivity index (χ3n) is 3.58. The monoisotopic (exact) mass is 354 g/mol. The highest BCUT2D eigenvalue weighted by molar-refractivity contribution is 9.10. The van der Waals surface area contributed by atoms with Gasteiger partial charge in [-0.25, -0.2) is 0 Å². The standard InChI is InChI=1S/C15H19BrN2O3/c1-10(9-21-2)18-8-11(7-14(18)19)15(20)17-13-5-3-12(16)4-6-13/h3-6,10-11H,7-9H2,1-2H3,(H,17,20)/t10-,11-/m0/s1. The zero-order valence-corrected chi connectivity index (χ0v) is 13.7. The lowest BCUT2D eigenvalue weighted by Crippen LogP contribution is -2.38. The Morgan fingerprint density at radius 1 is 1.48 bits per heavy atom. The number of carbonyl (C=O) groups is 2. The number of likely N-dealkylation sites (tertiary alicyclic amines) is 1. The Balaban J connectivity index is 1.95. The highest BCUT2D eigenvalue weighted by Gasteiger charge is 2.36. The fraction of sp³-hybridized carbons (Fsp3) is 0.467. The van der Waals surface area contributed by atoms with Crippen LogP contribution >= 0.6 is 15.9 Å². The van der Waals surface area contributed by atoms with E-state index in [0.717, 1.165) is 10.2 Å². The molecule has 1 heterocycles. The Kier molecular flexibility index (Phi) is 5.36. The number of amides is 2. The van der Waals surface area contributed by atoms with Gasteiger partial charge in [0.05, 0.1) is 18.6 Å². The average Bonchev–Trinajstić information content (AvgIpc) is 2.84. The Morgan fingerprint density at radius 3 is 2.76 bits per heavy atom. The quantitative estimate of drug-likeness (QED) is 0.882. The summed E-state index contributed by atoms with van der Waals surface area (Å²) in [5.74, 6) is -0.409. The number of carbonyl (C=O) groups excluding carboxylic acids is 2. The Morgan fingerprint density at radius 2 is 2.14 bits per heavy atom. The molecule has 1 aliphatic heterocycles. The number of anilines is 1. The lowest BCUT2D eigenvalue weighted by atomic mass is 10.1. The van der Waals surface area contributed by atoms with Crippen LogP contribution in [0.5, 0.6) is 0 Å². The average molecular weight is 355 g/mol. The van der Waals surface area contributed by atoms with Crippen LogP contribution in [0.2, 0.25) is 0 Å². The zero-order chi connectivity index (χ0) is 15.4. The van der Waals surface area contributed by atoms with Crippen molar-refractivity contribution in [1.82, 2.24) is 4.90 Å². The normalized spacial score (nSPS) is 19.7. The summed E-state index contributed by atoms with van der Waals surface area (Å²) < 4.78 is 6.02. The van der Waals surface area contributed by atoms with Crippen LogP contribution in [-0.4, -0.2) is 43.0 Å². The molecule has 2 atom stereocenters. The summed E-state index contributed by atoms with van der Waals surface area (Å²) in [5, 5.41) is 2.85. The van der Waals surface area contributed by atoms with Gasteiger partial charge in [0.25, 0.3) is 0 Å². The van der Waals surface area contributed by atoms with Crippen molar-refractivity contribution in [3.8, 4) is 0 Å². The van der Waals surface area contributed by atoms with E-state index in [4.69, 9.17) is 4.74 Å². The van der Waals surface area contributed by atoms with Crippen LogP contribution in [0.1, 0.15) is 13.3 Å². The van der Waals surface area contributed by atoms with Crippen molar-refractivity contribution in [2.24, 2.45) is 5.92 Å². The predicted molar refractivity (Wildman–Crippen MR) is 83.9 cm³/mol. The number of ether oxygens (including phenoxy) is 1. The summed E-state index contributed by atoms with van der Waals surface area (Å²) in [6.07, 6.45) is 0.260. The second-order valence-electron chi connectivity index (χ2n) is 5.25. The van der Waals surface area contributed by atoms with Crippen molar-refractivity contribution in [2.75, 3.05) is 25.6 Å². The molecule has 0 saturated carbocycles. The van der Waals surface area contributed by atoms with Gasteiger partial charge in [0.15, 0.2) is 0 Å². The van der Waals surface area contributed by atoms with Gasteiger partial charge >= 0.3 is 0 Å². The van der Waals surface area contributed by atoms with E-state index < -0.39 is 0 Å². The minimum Gasteiger partial charge on any atom is -0.383 e. The van der Waals surface area contributed by atoms with E-state index in [1.807, 2.05) is 31.2 Å². The molecule has 2 amide bonds. The molecule has 1 aromatic rings. The summed E-state index contributed by atoms with van der Waals surface area (Å²) in [7, 11) is 1.61. The molecule has 2 rings (SSSR count). The van der Waals surface area contributed by atoms with Crippen molar-refractivity contribution < 1.29 is 14.3 Å². The molecule has 1 fully saturated rings. The molecule has 21 heavy (non-hydrogen) atoms. The number of nitrogens with zero attached hydrogens (tertiary/aromatic N) is 1. The lowest BCUT2D eigenvalue weighted by molar-refractivity contribution is -0.130. The predicted octanol–water partition coefficient (Wildman–Crippen LogP) is 2.27. The zero-order valence-electron chi connectivity index (χ0n) is 12.1. The van der Waals surface area contributed by atoms with E-state index in [2.05, 4.69) is 21.2 Å². The summed E-state index contributed by atoms with van der Waals surface area (Å²) in [5.41, 5.74) is 0.735. The van der Waals surface area contributed by atoms with Crippen molar-refractivity contribution in [2.45, 2.75) is 19.4 Å². The third-order valence-corrected chi connectivity index (χ3v) is 4.11. The molecule has 1 aliphatic rings. The second kappa shape index (κ2) is 7.04. The Bertz CT molecular complexity index is 518. The van der Waals surface area contributed by atoms with Crippen molar-refractivity contribution in [3.63, 3.8) is 0 Å². The summed E-state index contributed by atoms with van der Waals surface area (Å²) in [6, 6.07) is 7.37. The van der Waals surface area contributed by atoms with Crippen molar-refractivity contribution >= 4 is 33.4 Å². The van der Waals surface area contributed by atoms with Gasteiger partial charge in [-0.1, -0.05) is 15.9 Å². The summed E-state index contributed by atoms with van der Waals surface area (Å²) in [4.78, 5) is 25.9. The molecule has 0 bridgehead atoms. The minimum absolute atomic E-state index is 0.00650. The number of hydrogen-bond acceptors (Lipinski definition) is 3. The van der Waals surface area contributed by atoms with Gasteiger partial charge in [0.2, 0.25) is 11.8 Å². The molecule has 0 radical (unpaired) electrons. The first-order valence-electron chi connectivity index (χ1n) is 6.86. The molecule has 1 aromatic carbocycles. The largest absolute Gasteiger partial charge is 0.383 e. The van der Waals surface area contributed by atoms with Crippen LogP contribution in [0.15, 0.2) is 28.7 Å². The highest BCUT2D eigenvalue weighted by Crippen LogP contribution is 2.22. The van der Waals surface area contributed by atoms with Gasteiger partial charge in [-0.3, -0.25) is 9.59 Å². The molecule has 0 spiro atoms. The van der Waals surface area contributed by atoms with Gasteiger partial charge in [-0.05, 0) is 31.2 Å². The first-order valence-corrected chi connectivity index (χ1v) is 7.65. The van der Waals surface area contributed by atoms with E-state index in [9.17, 15) is 9.59 Å². The van der Waals surface area contributed by atoms with Gasteiger partial charge in [0, 0.05) is 30.2 Å². The van der Waals surface area contributed by atoms with Crippen molar-refractivity contribution in [3.05, 3.63) is 28.7 Å². The van der Waals surface area contributed by atoms with Gasteiger partial charge < -0.3 is 15.0 Å². The van der Waals surface area contributed by atoms with Gasteiger partial charge in [-0.2, -0.15) is 0 Å². The second-order valence-corrected chi connectivity index (χ2v) is 6.16. The SMILES string of the molecule is COC[C@H](C)N1C[C@@H](C(=O)Nc2ccc(Br)cc2)CC1=O. The fourth-order valence-electron chi connectivity index (χ4n) is 2.44. The van der Waals surface area contributed by atoms with E-state index in [0.29, 0.717) is 13.2 Å². The molecule has 0 aromatic heterocycles. The van der Waals surface area contributed by atoms with Crippen LogP contribution in [0.4, 0.5) is 5.69 Å². The minimum atomic E-state index is -0.305. The molecule has 0 aliphatic carbocycles. The number of halogens is 1. The molecule has 114 valence electrons. The maximum atomic E-state index is 12.2. The van der Waals surface area contributed by atoms with Crippen LogP contribution in [0.25, 0.3) is 0 Å². The lowest BCUT2D eigenvalue weighted by Gasteiger charge is -2.23. The fourth-order valence-corrected chi connectivity index (χ4v) is 2.71. The van der Waals surface area contributed by atoms with Gasteiger partial charge in [0.1, 0.15) is 0 Å². The maximum absolute atomic E-state index is 12.2. The molecular weight excluding hydrogens is 336 g/mol. The number of rotatable bonds is 5. The van der Waals surface area contributed by atoms with E-state index in [1.54, 1.807) is 12.0 Å².